The van der Waals surface area contributed by atoms with Crippen molar-refractivity contribution >= 4 is 22.6 Å². The van der Waals surface area contributed by atoms with Gasteiger partial charge in [-0.05, 0) is 5.92 Å². The summed E-state index contributed by atoms with van der Waals surface area (Å²) < 4.78 is 4.97. The second kappa shape index (κ2) is 5.79. The molecule has 0 aromatic carbocycles. The summed E-state index contributed by atoms with van der Waals surface area (Å²) in [4.78, 5) is 11.3. The summed E-state index contributed by atoms with van der Waals surface area (Å²) in [7, 11) is 0. The van der Waals surface area contributed by atoms with Crippen LogP contribution in [0.2, 0.25) is 0 Å². The molecule has 1 amide bonds. The fraction of sp³-hybridized carbons (Fsp3) is 0.700. The van der Waals surface area contributed by atoms with Gasteiger partial charge in [0.1, 0.15) is 5.01 Å². The van der Waals surface area contributed by atoms with Gasteiger partial charge in [0.25, 0.3) is 0 Å². The van der Waals surface area contributed by atoms with Crippen LogP contribution in [0, 0.1) is 5.92 Å². The zero-order valence-corrected chi connectivity index (χ0v) is 10.8. The molecule has 90 valence electrons. The monoisotopic (exact) mass is 243 g/mol. The standard InChI is InChI=1S/C10H17N3O2S/c1-6(2)5-15-10(14)11-9-13-12-8(16-9)7(3)4/h6-7H,5H2,1-4H3,(H,11,13,14). The van der Waals surface area contributed by atoms with Crippen LogP contribution < -0.4 is 5.32 Å². The van der Waals surface area contributed by atoms with Crippen LogP contribution in [0.1, 0.15) is 38.6 Å². The van der Waals surface area contributed by atoms with Crippen molar-refractivity contribution in [1.29, 1.82) is 0 Å². The summed E-state index contributed by atoms with van der Waals surface area (Å²) >= 11 is 1.37. The van der Waals surface area contributed by atoms with E-state index in [1.165, 1.54) is 11.3 Å². The molecule has 5 nitrogen and oxygen atoms in total. The normalized spacial score (nSPS) is 10.9. The molecule has 0 atom stereocenters. The number of nitrogens with zero attached hydrogens (tertiary/aromatic N) is 2. The second-order valence-corrected chi connectivity index (χ2v) is 5.23. The number of ether oxygens (including phenoxy) is 1. The van der Waals surface area contributed by atoms with E-state index in [0.29, 0.717) is 23.6 Å². The minimum atomic E-state index is -0.472. The lowest BCUT2D eigenvalue weighted by molar-refractivity contribution is 0.147. The van der Waals surface area contributed by atoms with Crippen LogP contribution in [0.3, 0.4) is 0 Å². The largest absolute Gasteiger partial charge is 0.449 e. The van der Waals surface area contributed by atoms with E-state index < -0.39 is 6.09 Å². The van der Waals surface area contributed by atoms with Gasteiger partial charge in [0.2, 0.25) is 5.13 Å². The topological polar surface area (TPSA) is 64.1 Å². The maximum atomic E-state index is 11.3. The second-order valence-electron chi connectivity index (χ2n) is 4.22. The van der Waals surface area contributed by atoms with Crippen molar-refractivity contribution in [2.24, 2.45) is 5.92 Å². The first-order chi connectivity index (χ1) is 7.49. The number of carbonyl (C=O) groups excluding carboxylic acids is 1. The van der Waals surface area contributed by atoms with Gasteiger partial charge in [-0.2, -0.15) is 0 Å². The number of hydrogen-bond acceptors (Lipinski definition) is 5. The van der Waals surface area contributed by atoms with E-state index >= 15 is 0 Å². The molecule has 0 aliphatic carbocycles. The number of carbonyl (C=O) groups is 1. The Morgan fingerprint density at radius 2 is 2.06 bits per heavy atom. The first kappa shape index (κ1) is 12.9. The van der Waals surface area contributed by atoms with E-state index in [1.54, 1.807) is 0 Å². The molecule has 0 aliphatic heterocycles. The fourth-order valence-corrected chi connectivity index (χ4v) is 1.62. The molecule has 0 saturated heterocycles. The molecule has 1 rings (SSSR count). The summed E-state index contributed by atoms with van der Waals surface area (Å²) in [6.07, 6.45) is -0.472. The Labute approximate surface area is 99.2 Å². The fourth-order valence-electron chi connectivity index (χ4n) is 0.884. The number of amides is 1. The lowest BCUT2D eigenvalue weighted by atomic mass is 10.2. The van der Waals surface area contributed by atoms with Gasteiger partial charge in [-0.25, -0.2) is 4.79 Å². The van der Waals surface area contributed by atoms with Crippen LogP contribution in [0.4, 0.5) is 9.93 Å². The van der Waals surface area contributed by atoms with Crippen molar-refractivity contribution in [2.75, 3.05) is 11.9 Å². The molecular formula is C10H17N3O2S. The Morgan fingerprint density at radius 1 is 1.38 bits per heavy atom. The van der Waals surface area contributed by atoms with E-state index in [4.69, 9.17) is 4.74 Å². The molecule has 6 heteroatoms. The molecule has 0 bridgehead atoms. The highest BCUT2D eigenvalue weighted by molar-refractivity contribution is 7.15. The molecule has 1 N–H and O–H groups in total. The molecule has 0 fully saturated rings. The van der Waals surface area contributed by atoms with Crippen LogP contribution >= 0.6 is 11.3 Å². The Hall–Kier alpha value is -1.17. The van der Waals surface area contributed by atoms with Crippen molar-refractivity contribution in [1.82, 2.24) is 10.2 Å². The van der Waals surface area contributed by atoms with Gasteiger partial charge in [0, 0.05) is 5.92 Å². The lowest BCUT2D eigenvalue weighted by Crippen LogP contribution is -2.16. The van der Waals surface area contributed by atoms with Crippen molar-refractivity contribution in [3.05, 3.63) is 5.01 Å². The lowest BCUT2D eigenvalue weighted by Gasteiger charge is -2.06. The molecule has 0 saturated carbocycles. The SMILES string of the molecule is CC(C)COC(=O)Nc1nnc(C(C)C)s1. The highest BCUT2D eigenvalue weighted by atomic mass is 32.1. The zero-order valence-electron chi connectivity index (χ0n) is 9.98. The van der Waals surface area contributed by atoms with E-state index in [1.807, 2.05) is 27.7 Å². The summed E-state index contributed by atoms with van der Waals surface area (Å²) in [5.74, 6) is 0.645. The maximum absolute atomic E-state index is 11.3. The highest BCUT2D eigenvalue weighted by Crippen LogP contribution is 2.22. The molecule has 0 radical (unpaired) electrons. The minimum Gasteiger partial charge on any atom is -0.449 e. The van der Waals surface area contributed by atoms with E-state index in [9.17, 15) is 4.79 Å². The Balaban J connectivity index is 2.43. The Bertz CT molecular complexity index is 350. The van der Waals surface area contributed by atoms with Crippen LogP contribution in [-0.2, 0) is 4.74 Å². The molecular weight excluding hydrogens is 226 g/mol. The number of rotatable bonds is 4. The maximum Gasteiger partial charge on any atom is 0.413 e. The summed E-state index contributed by atoms with van der Waals surface area (Å²) in [5, 5.41) is 11.8. The van der Waals surface area contributed by atoms with Gasteiger partial charge in [-0.3, -0.25) is 5.32 Å². The van der Waals surface area contributed by atoms with Crippen molar-refractivity contribution < 1.29 is 9.53 Å². The van der Waals surface area contributed by atoms with Crippen molar-refractivity contribution in [2.45, 2.75) is 33.6 Å². The quantitative estimate of drug-likeness (QED) is 0.883. The molecule has 16 heavy (non-hydrogen) atoms. The molecule has 1 aromatic heterocycles. The van der Waals surface area contributed by atoms with Gasteiger partial charge in [-0.1, -0.05) is 39.0 Å². The first-order valence-electron chi connectivity index (χ1n) is 5.26. The van der Waals surface area contributed by atoms with E-state index in [-0.39, 0.29) is 0 Å². The number of aromatic nitrogens is 2. The van der Waals surface area contributed by atoms with Crippen molar-refractivity contribution in [3.63, 3.8) is 0 Å². The van der Waals surface area contributed by atoms with Crippen LogP contribution in [0.15, 0.2) is 0 Å². The van der Waals surface area contributed by atoms with E-state index in [2.05, 4.69) is 15.5 Å². The summed E-state index contributed by atoms with van der Waals surface area (Å²) in [6, 6.07) is 0. The average molecular weight is 243 g/mol. The van der Waals surface area contributed by atoms with Gasteiger partial charge in [0.05, 0.1) is 6.61 Å². The third-order valence-electron chi connectivity index (χ3n) is 1.69. The van der Waals surface area contributed by atoms with Crippen LogP contribution in [0.5, 0.6) is 0 Å². The summed E-state index contributed by atoms with van der Waals surface area (Å²) in [5.41, 5.74) is 0. The third-order valence-corrected chi connectivity index (χ3v) is 2.83. The van der Waals surface area contributed by atoms with Gasteiger partial charge in [0.15, 0.2) is 0 Å². The highest BCUT2D eigenvalue weighted by Gasteiger charge is 2.11. The predicted octanol–water partition coefficient (Wildman–Crippen LogP) is 2.87. The molecule has 0 unspecified atom stereocenters. The Kier molecular flexibility index (Phi) is 4.67. The number of anilines is 1. The number of nitrogens with one attached hydrogen (secondary N) is 1. The minimum absolute atomic E-state index is 0.319. The van der Waals surface area contributed by atoms with Crippen molar-refractivity contribution in [3.8, 4) is 0 Å². The van der Waals surface area contributed by atoms with Gasteiger partial charge in [-0.15, -0.1) is 10.2 Å². The average Bonchev–Trinajstić information content (AvgIpc) is 2.63. The van der Waals surface area contributed by atoms with Crippen LogP contribution in [0.25, 0.3) is 0 Å². The molecule has 0 spiro atoms. The zero-order chi connectivity index (χ0) is 12.1. The number of hydrogen-bond donors (Lipinski definition) is 1. The van der Waals surface area contributed by atoms with Crippen LogP contribution in [-0.4, -0.2) is 22.9 Å². The molecule has 1 aromatic rings. The predicted molar refractivity (Wildman–Crippen MR) is 63.8 cm³/mol. The van der Waals surface area contributed by atoms with Gasteiger partial charge >= 0.3 is 6.09 Å². The molecule has 1 heterocycles. The summed E-state index contributed by atoms with van der Waals surface area (Å²) in [6.45, 7) is 8.43. The first-order valence-corrected chi connectivity index (χ1v) is 6.08. The van der Waals surface area contributed by atoms with Gasteiger partial charge < -0.3 is 4.74 Å². The third kappa shape index (κ3) is 4.14. The Morgan fingerprint density at radius 3 is 2.56 bits per heavy atom. The van der Waals surface area contributed by atoms with E-state index in [0.717, 1.165) is 5.01 Å². The molecule has 0 aliphatic rings. The smallest absolute Gasteiger partial charge is 0.413 e.